The zero-order valence-electron chi connectivity index (χ0n) is 18.7. The number of carbonyl (C=O) groups is 2. The lowest BCUT2D eigenvalue weighted by Gasteiger charge is -2.10. The predicted octanol–water partition coefficient (Wildman–Crippen LogP) is 5.12. The highest BCUT2D eigenvalue weighted by Crippen LogP contribution is 2.35. The highest BCUT2D eigenvalue weighted by Gasteiger charge is 2.34. The Morgan fingerprint density at radius 1 is 1.14 bits per heavy atom. The Morgan fingerprint density at radius 2 is 1.92 bits per heavy atom. The van der Waals surface area contributed by atoms with Gasteiger partial charge in [-0.05, 0) is 13.0 Å². The Kier molecular flexibility index (Phi) is 7.13. The highest BCUT2D eigenvalue weighted by atomic mass is 35.5. The lowest BCUT2D eigenvalue weighted by Crippen LogP contribution is -2.13. The number of amides is 1. The summed E-state index contributed by atoms with van der Waals surface area (Å²) in [6.45, 7) is 3.63. The van der Waals surface area contributed by atoms with Gasteiger partial charge in [-0.25, -0.2) is 24.9 Å². The number of hydrogen-bond acceptors (Lipinski definition) is 8. The quantitative estimate of drug-likeness (QED) is 0.326. The molecular formula is C22H17ClF3N7O2S. The number of hydrogen-bond donors (Lipinski definition) is 1. The van der Waals surface area contributed by atoms with E-state index in [1.165, 1.54) is 12.5 Å². The molecule has 4 aromatic heterocycles. The molecule has 1 amide bonds. The Labute approximate surface area is 211 Å². The summed E-state index contributed by atoms with van der Waals surface area (Å²) >= 11 is 6.58. The first-order valence-corrected chi connectivity index (χ1v) is 11.6. The van der Waals surface area contributed by atoms with Gasteiger partial charge < -0.3 is 5.32 Å². The molecular weight excluding hydrogens is 519 g/mol. The molecule has 0 spiro atoms. The first-order chi connectivity index (χ1) is 17.0. The first-order valence-electron chi connectivity index (χ1n) is 10.4. The second-order valence-corrected chi connectivity index (χ2v) is 9.23. The number of halogens is 4. The van der Waals surface area contributed by atoms with Crippen molar-refractivity contribution in [2.24, 2.45) is 0 Å². The number of ketones is 1. The van der Waals surface area contributed by atoms with Crippen molar-refractivity contribution >= 4 is 40.4 Å². The average molecular weight is 536 g/mol. The van der Waals surface area contributed by atoms with E-state index in [0.717, 1.165) is 23.2 Å². The molecule has 0 fully saturated rings. The minimum absolute atomic E-state index is 0.0711. The van der Waals surface area contributed by atoms with Gasteiger partial charge in [0, 0.05) is 36.5 Å². The Bertz CT molecular complexity index is 1440. The fourth-order valence-electron chi connectivity index (χ4n) is 3.22. The van der Waals surface area contributed by atoms with Gasteiger partial charge in [0.2, 0.25) is 0 Å². The highest BCUT2D eigenvalue weighted by molar-refractivity contribution is 7.13. The fraction of sp³-hybridized carbons (Fsp3) is 0.227. The molecule has 4 heterocycles. The van der Waals surface area contributed by atoms with Crippen LogP contribution in [0, 0.1) is 6.92 Å². The number of aromatic nitrogens is 6. The summed E-state index contributed by atoms with van der Waals surface area (Å²) in [5, 5.41) is 2.24. The summed E-state index contributed by atoms with van der Waals surface area (Å²) in [4.78, 5) is 45.7. The summed E-state index contributed by atoms with van der Waals surface area (Å²) in [6, 6.07) is 2.23. The van der Waals surface area contributed by atoms with Crippen molar-refractivity contribution in [3.63, 3.8) is 0 Å². The van der Waals surface area contributed by atoms with Crippen LogP contribution in [0.25, 0.3) is 5.82 Å². The third-order valence-corrected chi connectivity index (χ3v) is 6.60. The number of rotatable bonds is 7. The number of carbonyl (C=O) groups excluding carboxylic acids is 2. The monoisotopic (exact) mass is 535 g/mol. The summed E-state index contributed by atoms with van der Waals surface area (Å²) in [5.74, 6) is -1.06. The largest absolute Gasteiger partial charge is 0.418 e. The second-order valence-electron chi connectivity index (χ2n) is 7.76. The molecule has 0 aliphatic rings. The van der Waals surface area contributed by atoms with Gasteiger partial charge in [0.05, 0.1) is 21.8 Å². The molecule has 0 aromatic carbocycles. The Hall–Kier alpha value is -3.71. The van der Waals surface area contributed by atoms with Crippen LogP contribution in [0.5, 0.6) is 0 Å². The van der Waals surface area contributed by atoms with Crippen molar-refractivity contribution in [2.75, 3.05) is 5.32 Å². The number of pyridine rings is 1. The molecule has 1 unspecified atom stereocenters. The molecule has 186 valence electrons. The molecule has 9 nitrogen and oxygen atoms in total. The molecule has 0 aliphatic heterocycles. The normalized spacial score (nSPS) is 12.4. The number of aryl methyl sites for hydroxylation is 1. The van der Waals surface area contributed by atoms with Gasteiger partial charge in [-0.2, -0.15) is 13.2 Å². The zero-order chi connectivity index (χ0) is 26.0. The SMILES string of the molecule is Cc1cncn1-c1cc(C(=O)CC(C)c2ncc(C(=O)Nc3cc(C(F)(F)F)c(Cl)cn3)s2)ncn1. The maximum atomic E-state index is 13.0. The number of imidazole rings is 1. The molecule has 0 radical (unpaired) electrons. The maximum Gasteiger partial charge on any atom is 0.418 e. The molecule has 1 N–H and O–H groups in total. The topological polar surface area (TPSA) is 116 Å². The number of alkyl halides is 3. The van der Waals surface area contributed by atoms with Crippen LogP contribution in [-0.4, -0.2) is 41.2 Å². The zero-order valence-corrected chi connectivity index (χ0v) is 20.3. The number of Topliss-reactive ketones (excluding diaryl/α,β-unsaturated/α-hetero) is 1. The van der Waals surface area contributed by atoms with Crippen molar-refractivity contribution in [2.45, 2.75) is 32.4 Å². The van der Waals surface area contributed by atoms with Gasteiger partial charge in [-0.15, -0.1) is 11.3 Å². The molecule has 0 saturated heterocycles. The van der Waals surface area contributed by atoms with Crippen molar-refractivity contribution in [3.8, 4) is 5.82 Å². The van der Waals surface area contributed by atoms with Crippen molar-refractivity contribution in [1.29, 1.82) is 0 Å². The van der Waals surface area contributed by atoms with Gasteiger partial charge in [-0.3, -0.25) is 14.2 Å². The van der Waals surface area contributed by atoms with Gasteiger partial charge in [0.15, 0.2) is 5.78 Å². The van der Waals surface area contributed by atoms with Crippen molar-refractivity contribution in [3.05, 3.63) is 75.2 Å². The molecule has 4 aromatic rings. The summed E-state index contributed by atoms with van der Waals surface area (Å²) in [6.07, 6.45) is 2.04. The standard InChI is InChI=1S/C22H17ClF3N7O2S/c1-11(3-16(34)15-5-19(31-9-30-15)33-10-27-6-12(33)2)21-29-8-17(36-21)20(35)32-18-4-13(22(24,25)26)14(23)7-28-18/h4-11H,3H2,1-2H3,(H,28,32,35). The van der Waals surface area contributed by atoms with Gasteiger partial charge in [0.1, 0.15) is 34.9 Å². The maximum absolute atomic E-state index is 13.0. The summed E-state index contributed by atoms with van der Waals surface area (Å²) in [5.41, 5.74) is -0.0380. The van der Waals surface area contributed by atoms with Gasteiger partial charge >= 0.3 is 6.18 Å². The smallest absolute Gasteiger partial charge is 0.306 e. The lowest BCUT2D eigenvalue weighted by molar-refractivity contribution is -0.137. The molecule has 0 saturated carbocycles. The summed E-state index contributed by atoms with van der Waals surface area (Å²) in [7, 11) is 0. The summed E-state index contributed by atoms with van der Waals surface area (Å²) < 4.78 is 40.9. The van der Waals surface area contributed by atoms with Crippen LogP contribution < -0.4 is 5.32 Å². The van der Waals surface area contributed by atoms with Crippen LogP contribution in [0.15, 0.2) is 43.4 Å². The van der Waals surface area contributed by atoms with Crippen LogP contribution in [0.2, 0.25) is 5.02 Å². The Balaban J connectivity index is 1.43. The molecule has 4 rings (SSSR count). The van der Waals surface area contributed by atoms with Gasteiger partial charge in [0.25, 0.3) is 5.91 Å². The molecule has 14 heteroatoms. The van der Waals surface area contributed by atoms with E-state index in [1.807, 2.05) is 6.92 Å². The molecule has 1 atom stereocenters. The Morgan fingerprint density at radius 3 is 2.61 bits per heavy atom. The van der Waals surface area contributed by atoms with Crippen LogP contribution in [-0.2, 0) is 6.18 Å². The van der Waals surface area contributed by atoms with Gasteiger partial charge in [-0.1, -0.05) is 18.5 Å². The van der Waals surface area contributed by atoms with E-state index in [2.05, 4.69) is 30.2 Å². The van der Waals surface area contributed by atoms with Crippen LogP contribution in [0.1, 0.15) is 55.7 Å². The minimum Gasteiger partial charge on any atom is -0.306 e. The van der Waals surface area contributed by atoms with E-state index in [-0.39, 0.29) is 34.5 Å². The number of anilines is 1. The molecule has 0 aliphatic carbocycles. The molecule has 0 bridgehead atoms. The predicted molar refractivity (Wildman–Crippen MR) is 126 cm³/mol. The van der Waals surface area contributed by atoms with Crippen LogP contribution in [0.3, 0.4) is 0 Å². The number of nitrogens with one attached hydrogen (secondary N) is 1. The van der Waals surface area contributed by atoms with E-state index in [4.69, 9.17) is 11.6 Å². The van der Waals surface area contributed by atoms with E-state index < -0.39 is 22.7 Å². The van der Waals surface area contributed by atoms with Crippen molar-refractivity contribution in [1.82, 2.24) is 29.5 Å². The second kappa shape index (κ2) is 10.1. The van der Waals surface area contributed by atoms with E-state index in [0.29, 0.717) is 16.9 Å². The van der Waals surface area contributed by atoms with E-state index in [9.17, 15) is 22.8 Å². The lowest BCUT2D eigenvalue weighted by atomic mass is 10.0. The first kappa shape index (κ1) is 25.4. The minimum atomic E-state index is -4.69. The number of thiazole rings is 1. The van der Waals surface area contributed by atoms with E-state index in [1.54, 1.807) is 30.1 Å². The molecule has 36 heavy (non-hydrogen) atoms. The number of nitrogens with zero attached hydrogens (tertiary/aromatic N) is 6. The van der Waals surface area contributed by atoms with Crippen molar-refractivity contribution < 1.29 is 22.8 Å². The fourth-order valence-corrected chi connectivity index (χ4v) is 4.30. The third-order valence-electron chi connectivity index (χ3n) is 5.07. The van der Waals surface area contributed by atoms with E-state index >= 15 is 0 Å². The third kappa shape index (κ3) is 5.57. The van der Waals surface area contributed by atoms with Crippen LogP contribution >= 0.6 is 22.9 Å². The van der Waals surface area contributed by atoms with Crippen LogP contribution in [0.4, 0.5) is 19.0 Å². The average Bonchev–Trinajstić information content (AvgIpc) is 3.49.